The summed E-state index contributed by atoms with van der Waals surface area (Å²) in [6.45, 7) is 3.70. The Balaban J connectivity index is 1.61. The highest BCUT2D eigenvalue weighted by Crippen LogP contribution is 2.35. The number of piperidine rings is 1. The Morgan fingerprint density at radius 2 is 1.83 bits per heavy atom. The predicted molar refractivity (Wildman–Crippen MR) is 138 cm³/mol. The van der Waals surface area contributed by atoms with Gasteiger partial charge in [0.15, 0.2) is 0 Å². The lowest BCUT2D eigenvalue weighted by molar-refractivity contribution is -0.155. The van der Waals surface area contributed by atoms with Crippen molar-refractivity contribution in [2.24, 2.45) is 11.1 Å². The van der Waals surface area contributed by atoms with Crippen LogP contribution in [0.1, 0.15) is 37.8 Å². The van der Waals surface area contributed by atoms with Gasteiger partial charge in [-0.15, -0.1) is 0 Å². The molecular weight excluding hydrogens is 456 g/mol. The second kappa shape index (κ2) is 10.1. The molecule has 2 aromatic carbocycles. The number of H-pyrrole nitrogens is 1. The van der Waals surface area contributed by atoms with E-state index in [-0.39, 0.29) is 18.9 Å². The van der Waals surface area contributed by atoms with Crippen molar-refractivity contribution in [3.63, 3.8) is 0 Å². The third-order valence-electron chi connectivity index (χ3n) is 7.02. The van der Waals surface area contributed by atoms with Gasteiger partial charge in [-0.25, -0.2) is 0 Å². The fourth-order valence-electron chi connectivity index (χ4n) is 4.99. The highest BCUT2D eigenvalue weighted by molar-refractivity contribution is 5.93. The highest BCUT2D eigenvalue weighted by Gasteiger charge is 2.45. The molecule has 0 aliphatic carbocycles. The molecule has 1 unspecified atom stereocenters. The van der Waals surface area contributed by atoms with E-state index in [0.717, 1.165) is 22.0 Å². The Labute approximate surface area is 210 Å². The largest absolute Gasteiger partial charge is 0.481 e. The number of carbonyl (C=O) groups is 3. The number of aliphatic carboxylic acids is 1. The lowest BCUT2D eigenvalue weighted by atomic mass is 9.75. The van der Waals surface area contributed by atoms with Gasteiger partial charge in [-0.2, -0.15) is 0 Å². The summed E-state index contributed by atoms with van der Waals surface area (Å²) in [5.74, 6) is -1.65. The number of fused-ring (bicyclic) bond motifs is 1. The van der Waals surface area contributed by atoms with Crippen molar-refractivity contribution < 1.29 is 19.5 Å². The van der Waals surface area contributed by atoms with Crippen molar-refractivity contribution in [3.05, 3.63) is 71.9 Å². The zero-order valence-corrected chi connectivity index (χ0v) is 20.8. The van der Waals surface area contributed by atoms with E-state index in [1.165, 1.54) is 0 Å². The van der Waals surface area contributed by atoms with Crippen molar-refractivity contribution in [1.29, 1.82) is 0 Å². The van der Waals surface area contributed by atoms with Crippen LogP contribution in [0.5, 0.6) is 0 Å². The first-order chi connectivity index (χ1) is 17.1. The van der Waals surface area contributed by atoms with Crippen molar-refractivity contribution in [2.75, 3.05) is 13.1 Å². The first kappa shape index (κ1) is 25.4. The molecule has 0 radical (unpaired) electrons. The second-order valence-corrected chi connectivity index (χ2v) is 10.4. The third kappa shape index (κ3) is 5.44. The number of likely N-dealkylation sites (tertiary alicyclic amines) is 1. The molecule has 4 rings (SSSR count). The summed E-state index contributed by atoms with van der Waals surface area (Å²) in [5, 5.41) is 14.1. The van der Waals surface area contributed by atoms with E-state index in [2.05, 4.69) is 10.3 Å². The minimum atomic E-state index is -1.17. The van der Waals surface area contributed by atoms with Gasteiger partial charge in [0.1, 0.15) is 6.04 Å². The average Bonchev–Trinajstić information content (AvgIpc) is 3.26. The molecule has 0 bridgehead atoms. The van der Waals surface area contributed by atoms with Gasteiger partial charge < -0.3 is 26.0 Å². The maximum absolute atomic E-state index is 13.9. The number of rotatable bonds is 8. The van der Waals surface area contributed by atoms with E-state index in [0.29, 0.717) is 25.8 Å². The second-order valence-electron chi connectivity index (χ2n) is 10.4. The predicted octanol–water partition coefficient (Wildman–Crippen LogP) is 2.87. The van der Waals surface area contributed by atoms with Crippen LogP contribution in [0.15, 0.2) is 60.8 Å². The lowest BCUT2D eigenvalue weighted by Crippen LogP contribution is -2.59. The number of nitrogens with zero attached hydrogens (tertiary/aromatic N) is 1. The number of carboxylic acid groups (broad SMARTS) is 1. The summed E-state index contributed by atoms with van der Waals surface area (Å²) in [6, 6.07) is 16.4. The molecule has 2 amide bonds. The smallest absolute Gasteiger partial charge is 0.311 e. The normalized spacial score (nSPS) is 19.1. The molecule has 190 valence electrons. The minimum Gasteiger partial charge on any atom is -0.481 e. The van der Waals surface area contributed by atoms with E-state index in [4.69, 9.17) is 5.73 Å². The summed E-state index contributed by atoms with van der Waals surface area (Å²) in [7, 11) is 0. The molecule has 3 aromatic rings. The van der Waals surface area contributed by atoms with Crippen LogP contribution in [-0.4, -0.2) is 57.4 Å². The minimum absolute atomic E-state index is 0.0856. The van der Waals surface area contributed by atoms with Crippen LogP contribution in [0.25, 0.3) is 10.9 Å². The van der Waals surface area contributed by atoms with Gasteiger partial charge >= 0.3 is 5.97 Å². The quantitative estimate of drug-likeness (QED) is 0.386. The molecule has 0 saturated carbocycles. The molecule has 2 heterocycles. The first-order valence-corrected chi connectivity index (χ1v) is 12.3. The van der Waals surface area contributed by atoms with Gasteiger partial charge in [0.05, 0.1) is 11.0 Å². The first-order valence-electron chi connectivity index (χ1n) is 12.3. The molecule has 1 saturated heterocycles. The number of para-hydroxylation sites is 1. The van der Waals surface area contributed by atoms with Gasteiger partial charge in [0.2, 0.25) is 11.8 Å². The number of hydrogen-bond acceptors (Lipinski definition) is 4. The molecule has 1 aliphatic heterocycles. The maximum atomic E-state index is 13.9. The molecule has 0 spiro atoms. The van der Waals surface area contributed by atoms with Crippen LogP contribution >= 0.6 is 0 Å². The molecule has 5 N–H and O–H groups in total. The number of hydrogen-bond donors (Lipinski definition) is 4. The average molecular weight is 491 g/mol. The Morgan fingerprint density at radius 1 is 1.14 bits per heavy atom. The molecule has 1 fully saturated rings. The van der Waals surface area contributed by atoms with E-state index >= 15 is 0 Å². The fraction of sp³-hybridized carbons (Fsp3) is 0.393. The van der Waals surface area contributed by atoms with Crippen LogP contribution in [0.3, 0.4) is 0 Å². The van der Waals surface area contributed by atoms with Crippen molar-refractivity contribution >= 4 is 28.7 Å². The van der Waals surface area contributed by atoms with Crippen LogP contribution in [0.4, 0.5) is 0 Å². The summed E-state index contributed by atoms with van der Waals surface area (Å²) in [4.78, 5) is 44.0. The monoisotopic (exact) mass is 490 g/mol. The molecule has 1 aliphatic rings. The lowest BCUT2D eigenvalue weighted by Gasteiger charge is -2.41. The number of aromatic amines is 1. The molecular formula is C28H34N4O4. The molecule has 8 nitrogen and oxygen atoms in total. The number of amides is 2. The van der Waals surface area contributed by atoms with Crippen LogP contribution in [0.2, 0.25) is 0 Å². The Morgan fingerprint density at radius 3 is 2.53 bits per heavy atom. The van der Waals surface area contributed by atoms with Crippen LogP contribution < -0.4 is 11.1 Å². The van der Waals surface area contributed by atoms with Crippen LogP contribution in [0, 0.1) is 5.41 Å². The van der Waals surface area contributed by atoms with E-state index in [9.17, 15) is 19.5 Å². The fourth-order valence-corrected chi connectivity index (χ4v) is 4.99. The molecule has 8 heteroatoms. The molecule has 1 aromatic heterocycles. The molecule has 36 heavy (non-hydrogen) atoms. The van der Waals surface area contributed by atoms with Crippen molar-refractivity contribution in [3.8, 4) is 0 Å². The highest BCUT2D eigenvalue weighted by atomic mass is 16.4. The standard InChI is InChI=1S/C28H34N4O4/c1-27(2,29)25(34)31-23(15-20-17-30-22-12-7-6-11-21(20)22)24(33)32-14-8-13-28(18-32,26(35)36)16-19-9-4-3-5-10-19/h3-7,9-12,17,23,30H,8,13-16,18,29H2,1-2H3,(H,31,34)(H,35,36)/t23-,28?/m1/s1. The summed E-state index contributed by atoms with van der Waals surface area (Å²) in [5.41, 5.74) is 6.52. The zero-order chi connectivity index (χ0) is 25.9. The van der Waals surface area contributed by atoms with Gasteiger partial charge in [0.25, 0.3) is 0 Å². The topological polar surface area (TPSA) is 129 Å². The van der Waals surface area contributed by atoms with Gasteiger partial charge in [0, 0.05) is 36.6 Å². The number of nitrogens with one attached hydrogen (secondary N) is 2. The van der Waals surface area contributed by atoms with Gasteiger partial charge in [-0.3, -0.25) is 14.4 Å². The summed E-state index contributed by atoms with van der Waals surface area (Å²) >= 11 is 0. The van der Waals surface area contributed by atoms with Gasteiger partial charge in [-0.05, 0) is 50.3 Å². The van der Waals surface area contributed by atoms with E-state index in [1.807, 2.05) is 60.8 Å². The SMILES string of the molecule is CC(C)(N)C(=O)N[C@H](Cc1c[nH]c2ccccc12)C(=O)N1CCCC(Cc2ccccc2)(C(=O)O)C1. The number of aromatic nitrogens is 1. The van der Waals surface area contributed by atoms with E-state index < -0.39 is 28.9 Å². The zero-order valence-electron chi connectivity index (χ0n) is 20.8. The number of carbonyl (C=O) groups excluding carboxylic acids is 2. The Kier molecular flexibility index (Phi) is 7.17. The third-order valence-corrected chi connectivity index (χ3v) is 7.02. The molecule has 2 atom stereocenters. The number of benzene rings is 2. The Bertz CT molecular complexity index is 1250. The van der Waals surface area contributed by atoms with E-state index in [1.54, 1.807) is 18.7 Å². The number of carboxylic acids is 1. The van der Waals surface area contributed by atoms with Gasteiger partial charge in [-0.1, -0.05) is 48.5 Å². The summed E-state index contributed by atoms with van der Waals surface area (Å²) in [6.07, 6.45) is 3.50. The van der Waals surface area contributed by atoms with Crippen LogP contribution in [-0.2, 0) is 27.2 Å². The summed E-state index contributed by atoms with van der Waals surface area (Å²) < 4.78 is 0. The maximum Gasteiger partial charge on any atom is 0.311 e. The van der Waals surface area contributed by atoms with Crippen molar-refractivity contribution in [1.82, 2.24) is 15.2 Å². The number of nitrogens with two attached hydrogens (primary N) is 1. The Hall–Kier alpha value is -3.65. The van der Waals surface area contributed by atoms with Crippen molar-refractivity contribution in [2.45, 2.75) is 51.1 Å².